The SMILES string of the molecule is C[C@H](CC(O)C(=O)NCC(=O)O)[C@H]1CCC2C3C(CC[C@@]21C)[C@@]1(C)CC[C@@H](O)CC1C[C@@H]3O. The number of amides is 1. The molecule has 1 amide bonds. The minimum atomic E-state index is -1.20. The van der Waals surface area contributed by atoms with E-state index in [2.05, 4.69) is 26.1 Å². The number of hydrogen-bond acceptors (Lipinski definition) is 5. The van der Waals surface area contributed by atoms with E-state index >= 15 is 0 Å². The first-order valence-electron chi connectivity index (χ1n) is 13.0. The van der Waals surface area contributed by atoms with Gasteiger partial charge in [-0.05, 0) is 104 Å². The van der Waals surface area contributed by atoms with Gasteiger partial charge in [-0.15, -0.1) is 0 Å². The third-order valence-corrected chi connectivity index (χ3v) is 10.7. The molecule has 0 aromatic rings. The van der Waals surface area contributed by atoms with Gasteiger partial charge in [0.25, 0.3) is 0 Å². The summed E-state index contributed by atoms with van der Waals surface area (Å²) in [6.07, 6.45) is 6.44. The second-order valence-corrected chi connectivity index (χ2v) is 12.3. The van der Waals surface area contributed by atoms with Crippen molar-refractivity contribution in [2.24, 2.45) is 46.3 Å². The summed E-state index contributed by atoms with van der Waals surface area (Å²) in [5.41, 5.74) is 0.281. The summed E-state index contributed by atoms with van der Waals surface area (Å²) in [5.74, 6) is 0.403. The number of carbonyl (C=O) groups excluding carboxylic acids is 1. The smallest absolute Gasteiger partial charge is 0.322 e. The van der Waals surface area contributed by atoms with Crippen LogP contribution >= 0.6 is 0 Å². The third kappa shape index (κ3) is 4.34. The highest BCUT2D eigenvalue weighted by molar-refractivity contribution is 5.84. The molecule has 0 heterocycles. The van der Waals surface area contributed by atoms with E-state index in [1.165, 1.54) is 0 Å². The molecule has 4 aliphatic carbocycles. The zero-order valence-electron chi connectivity index (χ0n) is 20.4. The Hall–Kier alpha value is -1.18. The zero-order chi connectivity index (χ0) is 24.1. The van der Waals surface area contributed by atoms with Crippen LogP contribution in [0.3, 0.4) is 0 Å². The predicted molar refractivity (Wildman–Crippen MR) is 123 cm³/mol. The van der Waals surface area contributed by atoms with Crippen LogP contribution in [0.2, 0.25) is 0 Å². The lowest BCUT2D eigenvalue weighted by Gasteiger charge is -2.62. The van der Waals surface area contributed by atoms with Crippen molar-refractivity contribution in [2.45, 2.75) is 96.9 Å². The van der Waals surface area contributed by atoms with E-state index in [0.717, 1.165) is 51.4 Å². The molecule has 0 bridgehead atoms. The normalized spacial score (nSPS) is 46.4. The molecule has 5 N–H and O–H groups in total. The van der Waals surface area contributed by atoms with Crippen LogP contribution < -0.4 is 5.32 Å². The topological polar surface area (TPSA) is 127 Å². The highest BCUT2D eigenvalue weighted by Gasteiger charge is 2.62. The molecule has 0 radical (unpaired) electrons. The Bertz CT molecular complexity index is 759. The number of carbonyl (C=O) groups is 2. The second kappa shape index (κ2) is 9.12. The first-order valence-corrected chi connectivity index (χ1v) is 13.0. The summed E-state index contributed by atoms with van der Waals surface area (Å²) in [5, 5.41) is 43.0. The van der Waals surface area contributed by atoms with Crippen LogP contribution in [0.4, 0.5) is 0 Å². The van der Waals surface area contributed by atoms with Gasteiger partial charge in [0, 0.05) is 0 Å². The third-order valence-electron chi connectivity index (χ3n) is 10.7. The summed E-state index contributed by atoms with van der Waals surface area (Å²) in [6, 6.07) is 0. The summed E-state index contributed by atoms with van der Waals surface area (Å²) >= 11 is 0. The standard InChI is InChI=1S/C26H43NO6/c1-14(10-21(30)24(33)27-13-22(31)32)17-4-5-18-23-19(7-9-26(17,18)3)25(2)8-6-16(28)11-15(25)12-20(23)29/h14-21,23,28-30H,4-13H2,1-3H3,(H,27,33)(H,31,32)/t14-,15?,16-,17-,18?,19?,20+,21?,23?,25+,26-/m1/s1. The maximum atomic E-state index is 12.1. The van der Waals surface area contributed by atoms with Gasteiger partial charge < -0.3 is 25.7 Å². The van der Waals surface area contributed by atoms with Crippen molar-refractivity contribution in [1.29, 1.82) is 0 Å². The van der Waals surface area contributed by atoms with Gasteiger partial charge in [0.2, 0.25) is 5.91 Å². The van der Waals surface area contributed by atoms with Crippen molar-refractivity contribution in [2.75, 3.05) is 6.54 Å². The lowest BCUT2D eigenvalue weighted by Crippen LogP contribution is -2.58. The summed E-state index contributed by atoms with van der Waals surface area (Å²) < 4.78 is 0. The Morgan fingerprint density at radius 2 is 1.67 bits per heavy atom. The fraction of sp³-hybridized carbons (Fsp3) is 0.923. The molecule has 0 saturated heterocycles. The number of aliphatic carboxylic acids is 1. The molecule has 11 atom stereocenters. The summed E-state index contributed by atoms with van der Waals surface area (Å²) in [7, 11) is 0. The highest BCUT2D eigenvalue weighted by atomic mass is 16.4. The quantitative estimate of drug-likeness (QED) is 0.410. The van der Waals surface area contributed by atoms with Gasteiger partial charge in [-0.25, -0.2) is 0 Å². The Morgan fingerprint density at radius 3 is 2.36 bits per heavy atom. The molecule has 7 heteroatoms. The zero-order valence-corrected chi connectivity index (χ0v) is 20.4. The number of fused-ring (bicyclic) bond motifs is 5. The molecule has 7 nitrogen and oxygen atoms in total. The van der Waals surface area contributed by atoms with Gasteiger partial charge in [0.05, 0.1) is 12.2 Å². The van der Waals surface area contributed by atoms with E-state index in [4.69, 9.17) is 5.11 Å². The van der Waals surface area contributed by atoms with E-state index in [0.29, 0.717) is 36.0 Å². The average molecular weight is 466 g/mol. The number of carboxylic acid groups (broad SMARTS) is 1. The van der Waals surface area contributed by atoms with Crippen LogP contribution in [0.15, 0.2) is 0 Å². The Morgan fingerprint density at radius 1 is 1.00 bits per heavy atom. The van der Waals surface area contributed by atoms with Gasteiger partial charge in [0.1, 0.15) is 12.6 Å². The fourth-order valence-corrected chi connectivity index (χ4v) is 9.08. The first kappa shape index (κ1) is 24.9. The average Bonchev–Trinajstić information content (AvgIpc) is 3.10. The fourth-order valence-electron chi connectivity index (χ4n) is 9.08. The van der Waals surface area contributed by atoms with Gasteiger partial charge in [-0.1, -0.05) is 20.8 Å². The monoisotopic (exact) mass is 465 g/mol. The number of nitrogens with one attached hydrogen (secondary N) is 1. The van der Waals surface area contributed by atoms with Gasteiger partial charge in [-0.3, -0.25) is 9.59 Å². The van der Waals surface area contributed by atoms with Gasteiger partial charge in [-0.2, -0.15) is 0 Å². The maximum absolute atomic E-state index is 12.1. The Labute approximate surface area is 197 Å². The van der Waals surface area contributed by atoms with E-state index in [-0.39, 0.29) is 29.0 Å². The van der Waals surface area contributed by atoms with Crippen molar-refractivity contribution in [3.63, 3.8) is 0 Å². The Balaban J connectivity index is 1.46. The van der Waals surface area contributed by atoms with Gasteiger partial charge >= 0.3 is 5.97 Å². The van der Waals surface area contributed by atoms with E-state index in [1.807, 2.05) is 0 Å². The molecular weight excluding hydrogens is 422 g/mol. The molecule has 4 fully saturated rings. The molecule has 5 unspecified atom stereocenters. The largest absolute Gasteiger partial charge is 0.480 e. The van der Waals surface area contributed by atoms with Crippen LogP contribution in [0.25, 0.3) is 0 Å². The minimum absolute atomic E-state index is 0.0796. The second-order valence-electron chi connectivity index (χ2n) is 12.3. The van der Waals surface area contributed by atoms with E-state index < -0.39 is 24.5 Å². The minimum Gasteiger partial charge on any atom is -0.480 e. The molecular formula is C26H43NO6. The van der Waals surface area contributed by atoms with Crippen LogP contribution in [0.5, 0.6) is 0 Å². The van der Waals surface area contributed by atoms with Crippen LogP contribution in [-0.2, 0) is 9.59 Å². The van der Waals surface area contributed by atoms with Crippen molar-refractivity contribution in [3.8, 4) is 0 Å². The number of carboxylic acids is 1. The molecule has 4 rings (SSSR count). The highest BCUT2D eigenvalue weighted by Crippen LogP contribution is 2.68. The lowest BCUT2D eigenvalue weighted by molar-refractivity contribution is -0.174. The van der Waals surface area contributed by atoms with Crippen LogP contribution in [0.1, 0.15) is 78.6 Å². The van der Waals surface area contributed by atoms with Crippen molar-refractivity contribution < 1.29 is 30.0 Å². The molecule has 4 aliphatic rings. The first-order chi connectivity index (χ1) is 15.5. The van der Waals surface area contributed by atoms with Gasteiger partial charge in [0.15, 0.2) is 0 Å². The number of aliphatic hydroxyl groups excluding tert-OH is 3. The number of hydrogen-bond donors (Lipinski definition) is 5. The van der Waals surface area contributed by atoms with E-state index in [1.54, 1.807) is 0 Å². The molecule has 0 aromatic heterocycles. The number of aliphatic hydroxyl groups is 3. The number of rotatable bonds is 6. The van der Waals surface area contributed by atoms with Crippen LogP contribution in [0, 0.1) is 46.3 Å². The molecule has 33 heavy (non-hydrogen) atoms. The molecule has 188 valence electrons. The Kier molecular flexibility index (Phi) is 6.89. The molecule has 0 aromatic carbocycles. The van der Waals surface area contributed by atoms with Crippen molar-refractivity contribution >= 4 is 11.9 Å². The van der Waals surface area contributed by atoms with E-state index in [9.17, 15) is 24.9 Å². The summed E-state index contributed by atoms with van der Waals surface area (Å²) in [4.78, 5) is 22.8. The van der Waals surface area contributed by atoms with Crippen molar-refractivity contribution in [3.05, 3.63) is 0 Å². The van der Waals surface area contributed by atoms with Crippen molar-refractivity contribution in [1.82, 2.24) is 5.32 Å². The predicted octanol–water partition coefficient (Wildman–Crippen LogP) is 2.56. The molecule has 4 saturated carbocycles. The summed E-state index contributed by atoms with van der Waals surface area (Å²) in [6.45, 7) is 6.40. The lowest BCUT2D eigenvalue weighted by atomic mass is 9.43. The maximum Gasteiger partial charge on any atom is 0.322 e. The molecule has 0 aliphatic heterocycles. The van der Waals surface area contributed by atoms with Crippen LogP contribution in [-0.4, -0.2) is 57.2 Å². The molecule has 0 spiro atoms.